The van der Waals surface area contributed by atoms with E-state index in [-0.39, 0.29) is 30.4 Å². The maximum atomic E-state index is 12.4. The van der Waals surface area contributed by atoms with Crippen molar-refractivity contribution in [3.8, 4) is 0 Å². The van der Waals surface area contributed by atoms with Crippen LogP contribution < -0.4 is 0 Å². The Hall–Kier alpha value is -2.25. The number of hydrogen-bond donors (Lipinski definition) is 0. The van der Waals surface area contributed by atoms with Gasteiger partial charge in [0.25, 0.3) is 0 Å². The molecule has 2 heterocycles. The number of carbonyl (C=O) groups excluding carboxylic acids is 3. The quantitative estimate of drug-likeness (QED) is 0.685. The fourth-order valence-electron chi connectivity index (χ4n) is 3.41. The van der Waals surface area contributed by atoms with Crippen LogP contribution in [0.3, 0.4) is 0 Å². The third kappa shape index (κ3) is 5.61. The van der Waals surface area contributed by atoms with E-state index >= 15 is 0 Å². The number of ether oxygens (including phenoxy) is 1. The molecule has 2 aliphatic heterocycles. The predicted octanol–water partition coefficient (Wildman–Crippen LogP) is 0.653. The van der Waals surface area contributed by atoms with Crippen LogP contribution >= 0.6 is 0 Å². The average molecular weight is 373 g/mol. The highest BCUT2D eigenvalue weighted by Crippen LogP contribution is 2.10. The normalized spacial score (nSPS) is 18.4. The summed E-state index contributed by atoms with van der Waals surface area (Å²) in [6, 6.07) is 9.07. The smallest absolute Gasteiger partial charge is 0.236 e. The van der Waals surface area contributed by atoms with Crippen LogP contribution in [0.2, 0.25) is 0 Å². The Morgan fingerprint density at radius 2 is 1.41 bits per heavy atom. The van der Waals surface area contributed by atoms with E-state index in [0.29, 0.717) is 64.6 Å². The van der Waals surface area contributed by atoms with Gasteiger partial charge in [0, 0.05) is 57.7 Å². The van der Waals surface area contributed by atoms with Crippen molar-refractivity contribution >= 4 is 17.6 Å². The molecule has 0 bridgehead atoms. The summed E-state index contributed by atoms with van der Waals surface area (Å²) in [5, 5.41) is 0. The van der Waals surface area contributed by atoms with Crippen LogP contribution in [0.4, 0.5) is 0 Å². The zero-order chi connectivity index (χ0) is 19.1. The summed E-state index contributed by atoms with van der Waals surface area (Å²) in [6.45, 7) is 5.52. The summed E-state index contributed by atoms with van der Waals surface area (Å²) in [5.41, 5.74) is 0.650. The van der Waals surface area contributed by atoms with E-state index in [1.165, 1.54) is 0 Å². The first kappa shape index (κ1) is 19.5. The molecule has 0 saturated carbocycles. The minimum atomic E-state index is -0.00121. The number of morpholine rings is 1. The van der Waals surface area contributed by atoms with E-state index in [2.05, 4.69) is 4.90 Å². The number of amides is 2. The molecule has 2 aliphatic rings. The Labute approximate surface area is 159 Å². The first-order chi connectivity index (χ1) is 13.1. The van der Waals surface area contributed by atoms with Crippen LogP contribution in [0.5, 0.6) is 0 Å². The van der Waals surface area contributed by atoms with Gasteiger partial charge < -0.3 is 14.5 Å². The summed E-state index contributed by atoms with van der Waals surface area (Å²) >= 11 is 0. The summed E-state index contributed by atoms with van der Waals surface area (Å²) in [4.78, 5) is 42.5. The minimum Gasteiger partial charge on any atom is -0.378 e. The average Bonchev–Trinajstić information content (AvgIpc) is 2.73. The summed E-state index contributed by atoms with van der Waals surface area (Å²) in [5.74, 6) is 0.142. The first-order valence-corrected chi connectivity index (χ1v) is 9.57. The minimum absolute atomic E-state index is 0.00121. The number of rotatable bonds is 6. The molecule has 0 atom stereocenters. The molecule has 7 nitrogen and oxygen atoms in total. The van der Waals surface area contributed by atoms with Gasteiger partial charge in [0.05, 0.1) is 19.8 Å². The molecule has 7 heteroatoms. The second-order valence-electron chi connectivity index (χ2n) is 6.94. The molecule has 0 spiro atoms. The zero-order valence-corrected chi connectivity index (χ0v) is 15.6. The SMILES string of the molecule is O=C(CCC(=O)N1CCN(CC(=O)N2CCOCC2)CC1)c1ccccc1. The summed E-state index contributed by atoms with van der Waals surface area (Å²) in [6.07, 6.45) is 0.471. The standard InChI is InChI=1S/C20H27N3O4/c24-18(17-4-2-1-3-5-17)6-7-19(25)22-10-8-21(9-11-22)16-20(26)23-12-14-27-15-13-23/h1-5H,6-16H2. The van der Waals surface area contributed by atoms with Gasteiger partial charge in [-0.05, 0) is 0 Å². The largest absolute Gasteiger partial charge is 0.378 e. The fraction of sp³-hybridized carbons (Fsp3) is 0.550. The highest BCUT2D eigenvalue weighted by atomic mass is 16.5. The van der Waals surface area contributed by atoms with Gasteiger partial charge in [0.2, 0.25) is 11.8 Å². The number of benzene rings is 1. The highest BCUT2D eigenvalue weighted by Gasteiger charge is 2.25. The van der Waals surface area contributed by atoms with E-state index in [4.69, 9.17) is 4.74 Å². The molecule has 0 unspecified atom stereocenters. The third-order valence-corrected chi connectivity index (χ3v) is 5.11. The molecule has 27 heavy (non-hydrogen) atoms. The van der Waals surface area contributed by atoms with Gasteiger partial charge in [-0.25, -0.2) is 0 Å². The molecule has 146 valence electrons. The van der Waals surface area contributed by atoms with Crippen LogP contribution in [0.15, 0.2) is 30.3 Å². The van der Waals surface area contributed by atoms with Gasteiger partial charge in [-0.3, -0.25) is 19.3 Å². The second-order valence-corrected chi connectivity index (χ2v) is 6.94. The van der Waals surface area contributed by atoms with Gasteiger partial charge in [-0.2, -0.15) is 0 Å². The predicted molar refractivity (Wildman–Crippen MR) is 100 cm³/mol. The van der Waals surface area contributed by atoms with Gasteiger partial charge in [0.15, 0.2) is 5.78 Å². The molecule has 0 aliphatic carbocycles. The fourth-order valence-corrected chi connectivity index (χ4v) is 3.41. The van der Waals surface area contributed by atoms with Gasteiger partial charge in [0.1, 0.15) is 0 Å². The molecule has 1 aromatic rings. The Kier molecular flexibility index (Phi) is 6.95. The number of piperazine rings is 1. The Bertz CT molecular complexity index is 650. The lowest BCUT2D eigenvalue weighted by molar-refractivity contribution is -0.138. The molecular weight excluding hydrogens is 346 g/mol. The van der Waals surface area contributed by atoms with Crippen molar-refractivity contribution < 1.29 is 19.1 Å². The molecule has 0 radical (unpaired) electrons. The van der Waals surface area contributed by atoms with E-state index in [1.807, 2.05) is 23.1 Å². The van der Waals surface area contributed by atoms with E-state index in [1.54, 1.807) is 17.0 Å². The highest BCUT2D eigenvalue weighted by molar-refractivity contribution is 5.97. The van der Waals surface area contributed by atoms with Gasteiger partial charge in [-0.1, -0.05) is 30.3 Å². The molecule has 2 amide bonds. The van der Waals surface area contributed by atoms with Crippen molar-refractivity contribution in [2.45, 2.75) is 12.8 Å². The number of nitrogens with zero attached hydrogens (tertiary/aromatic N) is 3. The van der Waals surface area contributed by atoms with Crippen molar-refractivity contribution in [2.75, 3.05) is 59.0 Å². The van der Waals surface area contributed by atoms with Crippen molar-refractivity contribution in [3.05, 3.63) is 35.9 Å². The van der Waals surface area contributed by atoms with E-state index < -0.39 is 0 Å². The number of hydrogen-bond acceptors (Lipinski definition) is 5. The van der Waals surface area contributed by atoms with E-state index in [9.17, 15) is 14.4 Å². The zero-order valence-electron chi connectivity index (χ0n) is 15.6. The summed E-state index contributed by atoms with van der Waals surface area (Å²) < 4.78 is 5.27. The Morgan fingerprint density at radius 3 is 2.07 bits per heavy atom. The monoisotopic (exact) mass is 373 g/mol. The molecule has 2 fully saturated rings. The Morgan fingerprint density at radius 1 is 0.778 bits per heavy atom. The molecule has 2 saturated heterocycles. The number of ketones is 1. The molecule has 0 aromatic heterocycles. The lowest BCUT2D eigenvalue weighted by Crippen LogP contribution is -2.52. The Balaban J connectivity index is 1.37. The first-order valence-electron chi connectivity index (χ1n) is 9.57. The molecule has 0 N–H and O–H groups in total. The van der Waals surface area contributed by atoms with Crippen LogP contribution in [0.1, 0.15) is 23.2 Å². The van der Waals surface area contributed by atoms with Crippen LogP contribution in [-0.4, -0.2) is 91.3 Å². The van der Waals surface area contributed by atoms with Crippen LogP contribution in [-0.2, 0) is 14.3 Å². The van der Waals surface area contributed by atoms with Gasteiger partial charge in [-0.15, -0.1) is 0 Å². The topological polar surface area (TPSA) is 70.2 Å². The third-order valence-electron chi connectivity index (χ3n) is 5.11. The number of carbonyl (C=O) groups is 3. The maximum absolute atomic E-state index is 12.4. The van der Waals surface area contributed by atoms with Crippen LogP contribution in [0.25, 0.3) is 0 Å². The second kappa shape index (κ2) is 9.62. The van der Waals surface area contributed by atoms with Crippen molar-refractivity contribution in [1.29, 1.82) is 0 Å². The molecular formula is C20H27N3O4. The lowest BCUT2D eigenvalue weighted by atomic mass is 10.1. The van der Waals surface area contributed by atoms with Crippen LogP contribution in [0, 0.1) is 0 Å². The summed E-state index contributed by atoms with van der Waals surface area (Å²) in [7, 11) is 0. The van der Waals surface area contributed by atoms with Crippen molar-refractivity contribution in [1.82, 2.24) is 14.7 Å². The molecule has 1 aromatic carbocycles. The number of Topliss-reactive ketones (excluding diaryl/α,β-unsaturated/α-hetero) is 1. The van der Waals surface area contributed by atoms with Crippen molar-refractivity contribution in [2.24, 2.45) is 0 Å². The van der Waals surface area contributed by atoms with Gasteiger partial charge >= 0.3 is 0 Å². The van der Waals surface area contributed by atoms with E-state index in [0.717, 1.165) is 0 Å². The molecule has 3 rings (SSSR count). The maximum Gasteiger partial charge on any atom is 0.236 e. The lowest BCUT2D eigenvalue weighted by Gasteiger charge is -2.36. The van der Waals surface area contributed by atoms with Crippen molar-refractivity contribution in [3.63, 3.8) is 0 Å².